The van der Waals surface area contributed by atoms with Crippen LogP contribution in [0.2, 0.25) is 0 Å². The van der Waals surface area contributed by atoms with E-state index in [9.17, 15) is 0 Å². The molecule has 0 aromatic carbocycles. The quantitative estimate of drug-likeness (QED) is 0.851. The minimum Gasteiger partial charge on any atom is -0.493 e. The third kappa shape index (κ3) is 2.73. The predicted molar refractivity (Wildman–Crippen MR) is 72.0 cm³/mol. The Morgan fingerprint density at radius 1 is 1.32 bits per heavy atom. The fraction of sp³-hybridized carbons (Fsp3) is 0.462. The summed E-state index contributed by atoms with van der Waals surface area (Å²) in [6.07, 6.45) is 6.86. The van der Waals surface area contributed by atoms with Crippen molar-refractivity contribution in [2.24, 2.45) is 0 Å². The standard InChI is InChI=1S/C13H19N5O/c1-4-15-12(10-8-14-6-7-16-10)13-11(19-3)9-17-18(13)5-2/h6-9,12,15H,4-5H2,1-3H3. The summed E-state index contributed by atoms with van der Waals surface area (Å²) in [7, 11) is 1.65. The Kier molecular flexibility index (Phi) is 4.46. The highest BCUT2D eigenvalue weighted by Gasteiger charge is 2.23. The van der Waals surface area contributed by atoms with Gasteiger partial charge in [-0.3, -0.25) is 14.6 Å². The molecule has 0 radical (unpaired) electrons. The van der Waals surface area contributed by atoms with E-state index in [2.05, 4.69) is 34.2 Å². The molecule has 6 nitrogen and oxygen atoms in total. The smallest absolute Gasteiger partial charge is 0.161 e. The number of aromatic nitrogens is 4. The molecular formula is C13H19N5O. The first kappa shape index (κ1) is 13.5. The van der Waals surface area contributed by atoms with Crippen LogP contribution in [0.25, 0.3) is 0 Å². The first-order chi connectivity index (χ1) is 9.31. The second-order valence-electron chi connectivity index (χ2n) is 4.03. The van der Waals surface area contributed by atoms with Gasteiger partial charge in [-0.25, -0.2) is 0 Å². The number of ether oxygens (including phenoxy) is 1. The summed E-state index contributed by atoms with van der Waals surface area (Å²) < 4.78 is 7.32. The van der Waals surface area contributed by atoms with E-state index in [1.54, 1.807) is 31.9 Å². The van der Waals surface area contributed by atoms with E-state index in [1.165, 1.54) is 0 Å². The van der Waals surface area contributed by atoms with Gasteiger partial charge in [-0.05, 0) is 13.5 Å². The van der Waals surface area contributed by atoms with Gasteiger partial charge in [0.05, 0.1) is 31.2 Å². The summed E-state index contributed by atoms with van der Waals surface area (Å²) in [5.74, 6) is 0.762. The van der Waals surface area contributed by atoms with Crippen LogP contribution < -0.4 is 10.1 Å². The van der Waals surface area contributed by atoms with Gasteiger partial charge in [0, 0.05) is 18.9 Å². The molecule has 0 saturated carbocycles. The Bertz CT molecular complexity index is 490. The zero-order valence-corrected chi connectivity index (χ0v) is 11.5. The average molecular weight is 261 g/mol. The van der Waals surface area contributed by atoms with Crippen molar-refractivity contribution in [3.05, 3.63) is 36.2 Å². The van der Waals surface area contributed by atoms with Crippen LogP contribution in [0.1, 0.15) is 31.3 Å². The topological polar surface area (TPSA) is 64.9 Å². The molecule has 6 heteroatoms. The van der Waals surface area contributed by atoms with E-state index in [-0.39, 0.29) is 6.04 Å². The molecule has 0 aliphatic carbocycles. The third-order valence-electron chi connectivity index (χ3n) is 2.92. The van der Waals surface area contributed by atoms with E-state index < -0.39 is 0 Å². The van der Waals surface area contributed by atoms with Gasteiger partial charge in [0.2, 0.25) is 0 Å². The Balaban J connectivity index is 2.47. The van der Waals surface area contributed by atoms with Gasteiger partial charge in [-0.1, -0.05) is 6.92 Å². The van der Waals surface area contributed by atoms with Gasteiger partial charge in [0.1, 0.15) is 5.69 Å². The van der Waals surface area contributed by atoms with Crippen molar-refractivity contribution in [1.82, 2.24) is 25.1 Å². The zero-order valence-electron chi connectivity index (χ0n) is 11.5. The van der Waals surface area contributed by atoms with Crippen LogP contribution in [0.5, 0.6) is 5.75 Å². The largest absolute Gasteiger partial charge is 0.493 e. The van der Waals surface area contributed by atoms with E-state index >= 15 is 0 Å². The highest BCUT2D eigenvalue weighted by Crippen LogP contribution is 2.28. The van der Waals surface area contributed by atoms with Crippen LogP contribution in [0.3, 0.4) is 0 Å². The number of nitrogens with one attached hydrogen (secondary N) is 1. The molecule has 1 unspecified atom stereocenters. The van der Waals surface area contributed by atoms with Gasteiger partial charge in [-0.2, -0.15) is 5.10 Å². The van der Waals surface area contributed by atoms with Crippen LogP contribution in [-0.4, -0.2) is 33.4 Å². The molecular weight excluding hydrogens is 242 g/mol. The average Bonchev–Trinajstić information content (AvgIpc) is 2.88. The minimum atomic E-state index is -0.0731. The Morgan fingerprint density at radius 3 is 2.74 bits per heavy atom. The molecule has 0 fully saturated rings. The molecule has 0 bridgehead atoms. The van der Waals surface area contributed by atoms with Crippen molar-refractivity contribution < 1.29 is 4.74 Å². The Hall–Kier alpha value is -1.95. The van der Waals surface area contributed by atoms with Crippen molar-refractivity contribution in [1.29, 1.82) is 0 Å². The number of aryl methyl sites for hydroxylation is 1. The van der Waals surface area contributed by atoms with Crippen molar-refractivity contribution in [3.8, 4) is 5.75 Å². The normalized spacial score (nSPS) is 12.4. The fourth-order valence-electron chi connectivity index (χ4n) is 2.08. The summed E-state index contributed by atoms with van der Waals surface area (Å²) in [6.45, 7) is 5.71. The van der Waals surface area contributed by atoms with Gasteiger partial charge in [-0.15, -0.1) is 0 Å². The minimum absolute atomic E-state index is 0.0731. The van der Waals surface area contributed by atoms with Gasteiger partial charge >= 0.3 is 0 Å². The summed E-state index contributed by atoms with van der Waals surface area (Å²) in [5.41, 5.74) is 1.84. The van der Waals surface area contributed by atoms with Crippen molar-refractivity contribution in [2.75, 3.05) is 13.7 Å². The monoisotopic (exact) mass is 261 g/mol. The Labute approximate surface area is 112 Å². The van der Waals surface area contributed by atoms with Crippen LogP contribution in [0.15, 0.2) is 24.8 Å². The van der Waals surface area contributed by atoms with E-state index in [0.29, 0.717) is 0 Å². The molecule has 2 rings (SSSR count). The first-order valence-corrected chi connectivity index (χ1v) is 6.40. The van der Waals surface area contributed by atoms with Gasteiger partial charge in [0.25, 0.3) is 0 Å². The lowest BCUT2D eigenvalue weighted by Crippen LogP contribution is -2.26. The SMILES string of the molecule is CCNC(c1cnccn1)c1c(OC)cnn1CC. The first-order valence-electron chi connectivity index (χ1n) is 6.40. The van der Waals surface area contributed by atoms with Gasteiger partial charge < -0.3 is 10.1 Å². The maximum absolute atomic E-state index is 5.41. The lowest BCUT2D eigenvalue weighted by molar-refractivity contribution is 0.398. The molecule has 2 aromatic rings. The molecule has 1 atom stereocenters. The molecule has 102 valence electrons. The highest BCUT2D eigenvalue weighted by atomic mass is 16.5. The highest BCUT2D eigenvalue weighted by molar-refractivity contribution is 5.33. The van der Waals surface area contributed by atoms with E-state index in [0.717, 1.165) is 30.2 Å². The molecule has 0 aliphatic rings. The second-order valence-corrected chi connectivity index (χ2v) is 4.03. The number of nitrogens with zero attached hydrogens (tertiary/aromatic N) is 4. The number of hydrogen-bond acceptors (Lipinski definition) is 5. The van der Waals surface area contributed by atoms with E-state index in [1.807, 2.05) is 4.68 Å². The zero-order chi connectivity index (χ0) is 13.7. The number of rotatable bonds is 6. The maximum Gasteiger partial charge on any atom is 0.161 e. The van der Waals surface area contributed by atoms with Crippen molar-refractivity contribution >= 4 is 0 Å². The molecule has 2 aromatic heterocycles. The predicted octanol–water partition coefficient (Wildman–Crippen LogP) is 1.40. The van der Waals surface area contributed by atoms with Crippen molar-refractivity contribution in [2.45, 2.75) is 26.4 Å². The van der Waals surface area contributed by atoms with Crippen LogP contribution in [0.4, 0.5) is 0 Å². The number of hydrogen-bond donors (Lipinski definition) is 1. The summed E-state index contributed by atoms with van der Waals surface area (Å²) >= 11 is 0. The molecule has 0 saturated heterocycles. The van der Waals surface area contributed by atoms with Crippen LogP contribution >= 0.6 is 0 Å². The lowest BCUT2D eigenvalue weighted by Gasteiger charge is -2.19. The van der Waals surface area contributed by atoms with Crippen LogP contribution in [-0.2, 0) is 6.54 Å². The van der Waals surface area contributed by atoms with Gasteiger partial charge in [0.15, 0.2) is 5.75 Å². The summed E-state index contributed by atoms with van der Waals surface area (Å²) in [6, 6.07) is -0.0731. The maximum atomic E-state index is 5.41. The van der Waals surface area contributed by atoms with Crippen molar-refractivity contribution in [3.63, 3.8) is 0 Å². The second kappa shape index (κ2) is 6.29. The fourth-order valence-corrected chi connectivity index (χ4v) is 2.08. The molecule has 2 heterocycles. The number of methoxy groups -OCH3 is 1. The Morgan fingerprint density at radius 2 is 2.16 bits per heavy atom. The molecule has 0 spiro atoms. The summed E-state index contributed by atoms with van der Waals surface area (Å²) in [4.78, 5) is 8.52. The molecule has 1 N–H and O–H groups in total. The molecule has 19 heavy (non-hydrogen) atoms. The lowest BCUT2D eigenvalue weighted by atomic mass is 10.1. The van der Waals surface area contributed by atoms with Crippen LogP contribution in [0, 0.1) is 0 Å². The molecule has 0 amide bonds. The third-order valence-corrected chi connectivity index (χ3v) is 2.92. The molecule has 0 aliphatic heterocycles. The van der Waals surface area contributed by atoms with E-state index in [4.69, 9.17) is 4.74 Å². The summed E-state index contributed by atoms with van der Waals surface area (Å²) in [5, 5.41) is 7.75.